The third kappa shape index (κ3) is 9.16. The maximum absolute atomic E-state index is 13.7. The van der Waals surface area contributed by atoms with Crippen molar-refractivity contribution in [3.8, 4) is 12.1 Å². The van der Waals surface area contributed by atoms with Gasteiger partial charge in [0.2, 0.25) is 17.7 Å². The van der Waals surface area contributed by atoms with E-state index >= 15 is 0 Å². The van der Waals surface area contributed by atoms with Gasteiger partial charge in [0, 0.05) is 31.6 Å². The third-order valence-electron chi connectivity index (χ3n) is 8.07. The molecule has 2 heterocycles. The van der Waals surface area contributed by atoms with Gasteiger partial charge in [-0.25, -0.2) is 0 Å². The number of carbonyl (C=O) groups excluding carboxylic acids is 3. The van der Waals surface area contributed by atoms with Gasteiger partial charge in [0.25, 0.3) is 0 Å². The summed E-state index contributed by atoms with van der Waals surface area (Å²) < 4.78 is 0. The SMILES string of the molecule is CN1CCC(C#N)(NC(=O)C(CC(C)(C)C)NC(CC(C)(C)C(N)=O)C(=O)NC2(C#N)CCN(C)CC2)CC1. The lowest BCUT2D eigenvalue weighted by molar-refractivity contribution is -0.130. The van der Waals surface area contributed by atoms with Crippen molar-refractivity contribution in [2.45, 2.75) is 96.3 Å². The van der Waals surface area contributed by atoms with Gasteiger partial charge in [-0.05, 0) is 58.0 Å². The predicted octanol–water partition coefficient (Wildman–Crippen LogP) is 0.859. The molecule has 0 aromatic rings. The quantitative estimate of drug-likeness (QED) is 0.314. The molecule has 3 amide bonds. The highest BCUT2D eigenvalue weighted by molar-refractivity contribution is 5.88. The molecule has 39 heavy (non-hydrogen) atoms. The second-order valence-corrected chi connectivity index (χ2v) is 13.5. The second-order valence-electron chi connectivity index (χ2n) is 13.5. The molecule has 2 unspecified atom stereocenters. The zero-order chi connectivity index (χ0) is 29.6. The number of carbonyl (C=O) groups is 3. The highest BCUT2D eigenvalue weighted by Gasteiger charge is 2.42. The first-order valence-electron chi connectivity index (χ1n) is 13.9. The average Bonchev–Trinajstić information content (AvgIpc) is 2.85. The van der Waals surface area contributed by atoms with Crippen LogP contribution in [0.5, 0.6) is 0 Å². The van der Waals surface area contributed by atoms with Crippen LogP contribution in [0, 0.1) is 33.5 Å². The summed E-state index contributed by atoms with van der Waals surface area (Å²) >= 11 is 0. The van der Waals surface area contributed by atoms with Gasteiger partial charge in [0.1, 0.15) is 11.1 Å². The lowest BCUT2D eigenvalue weighted by Crippen LogP contribution is -2.63. The first-order valence-corrected chi connectivity index (χ1v) is 13.9. The molecule has 0 radical (unpaired) electrons. The topological polar surface area (TPSA) is 167 Å². The number of likely N-dealkylation sites (tertiary alicyclic amines) is 2. The number of nitrogens with zero attached hydrogens (tertiary/aromatic N) is 4. The minimum absolute atomic E-state index is 0.0394. The van der Waals surface area contributed by atoms with Crippen LogP contribution in [-0.2, 0) is 14.4 Å². The predicted molar refractivity (Wildman–Crippen MR) is 149 cm³/mol. The van der Waals surface area contributed by atoms with Crippen molar-refractivity contribution in [3.63, 3.8) is 0 Å². The molecule has 0 bridgehead atoms. The van der Waals surface area contributed by atoms with E-state index in [1.807, 2.05) is 34.9 Å². The molecule has 2 saturated heterocycles. The lowest BCUT2D eigenvalue weighted by Gasteiger charge is -2.39. The van der Waals surface area contributed by atoms with Crippen molar-refractivity contribution in [1.29, 1.82) is 10.5 Å². The molecule has 2 aliphatic rings. The number of primary amides is 1. The lowest BCUT2D eigenvalue weighted by atomic mass is 9.82. The van der Waals surface area contributed by atoms with Crippen molar-refractivity contribution >= 4 is 17.7 Å². The van der Waals surface area contributed by atoms with E-state index in [1.165, 1.54) is 0 Å². The minimum atomic E-state index is -1.05. The molecule has 5 N–H and O–H groups in total. The number of nitriles is 2. The van der Waals surface area contributed by atoms with Crippen LogP contribution in [0.1, 0.15) is 73.1 Å². The molecule has 0 aromatic carbocycles. The number of nitrogens with one attached hydrogen (secondary N) is 3. The molecule has 2 atom stereocenters. The van der Waals surface area contributed by atoms with Crippen molar-refractivity contribution in [3.05, 3.63) is 0 Å². The van der Waals surface area contributed by atoms with E-state index in [2.05, 4.69) is 37.9 Å². The van der Waals surface area contributed by atoms with Crippen LogP contribution in [0.25, 0.3) is 0 Å². The zero-order valence-electron chi connectivity index (χ0n) is 24.8. The zero-order valence-corrected chi connectivity index (χ0v) is 24.8. The van der Waals surface area contributed by atoms with Crippen LogP contribution in [0.2, 0.25) is 0 Å². The first kappa shape index (κ1) is 32.5. The normalized spacial score (nSPS) is 21.6. The van der Waals surface area contributed by atoms with Gasteiger partial charge in [-0.2, -0.15) is 10.5 Å². The summed E-state index contributed by atoms with van der Waals surface area (Å²) in [5, 5.41) is 29.1. The van der Waals surface area contributed by atoms with Gasteiger partial charge in [0.05, 0.1) is 24.2 Å². The van der Waals surface area contributed by atoms with Crippen molar-refractivity contribution in [2.24, 2.45) is 16.6 Å². The van der Waals surface area contributed by atoms with E-state index in [0.29, 0.717) is 58.3 Å². The molecule has 11 nitrogen and oxygen atoms in total. The maximum atomic E-state index is 13.7. The van der Waals surface area contributed by atoms with Crippen LogP contribution < -0.4 is 21.7 Å². The average molecular weight is 545 g/mol. The molecule has 2 aliphatic heterocycles. The summed E-state index contributed by atoms with van der Waals surface area (Å²) in [7, 11) is 3.95. The van der Waals surface area contributed by atoms with E-state index in [0.717, 1.165) is 0 Å². The van der Waals surface area contributed by atoms with Crippen LogP contribution in [0.15, 0.2) is 0 Å². The van der Waals surface area contributed by atoms with Gasteiger partial charge in [-0.1, -0.05) is 34.6 Å². The Labute approximate surface area is 233 Å². The minimum Gasteiger partial charge on any atom is -0.369 e. The molecule has 0 spiro atoms. The Morgan fingerprint density at radius 2 is 1.15 bits per heavy atom. The highest BCUT2D eigenvalue weighted by Crippen LogP contribution is 2.28. The van der Waals surface area contributed by atoms with E-state index in [4.69, 9.17) is 5.73 Å². The van der Waals surface area contributed by atoms with Crippen molar-refractivity contribution < 1.29 is 14.4 Å². The first-order chi connectivity index (χ1) is 18.0. The van der Waals surface area contributed by atoms with Crippen LogP contribution in [-0.4, -0.2) is 91.0 Å². The number of rotatable bonds is 10. The third-order valence-corrected chi connectivity index (χ3v) is 8.07. The molecule has 0 aliphatic carbocycles. The van der Waals surface area contributed by atoms with Gasteiger partial charge < -0.3 is 26.2 Å². The number of piperidine rings is 2. The molecule has 2 fully saturated rings. The standard InChI is InChI=1S/C28H48N8O3/c1-25(2,3)16-20(22(37)33-27(18-29)8-12-35(6)13-9-27)32-21(17-26(4,5)24(31)39)23(38)34-28(19-30)10-14-36(7)15-11-28/h20-21,32H,8-17H2,1-7H3,(H2,31,39)(H,33,37)(H,34,38). The van der Waals surface area contributed by atoms with E-state index < -0.39 is 40.4 Å². The fourth-order valence-corrected chi connectivity index (χ4v) is 5.10. The summed E-state index contributed by atoms with van der Waals surface area (Å²) in [4.78, 5) is 43.9. The molecular formula is C28H48N8O3. The molecule has 0 aromatic heterocycles. The number of amides is 3. The Balaban J connectivity index is 2.35. The Bertz CT molecular complexity index is 974. The molecule has 0 saturated carbocycles. The molecule has 11 heteroatoms. The molecular weight excluding hydrogens is 496 g/mol. The van der Waals surface area contributed by atoms with Crippen LogP contribution in [0.3, 0.4) is 0 Å². The van der Waals surface area contributed by atoms with Crippen molar-refractivity contribution in [2.75, 3.05) is 40.3 Å². The Morgan fingerprint density at radius 3 is 1.46 bits per heavy atom. The molecule has 218 valence electrons. The Hall–Kier alpha value is -2.73. The second kappa shape index (κ2) is 12.6. The van der Waals surface area contributed by atoms with E-state index in [9.17, 15) is 24.9 Å². The highest BCUT2D eigenvalue weighted by atomic mass is 16.2. The van der Waals surface area contributed by atoms with Gasteiger partial charge >= 0.3 is 0 Å². The van der Waals surface area contributed by atoms with Gasteiger partial charge in [-0.15, -0.1) is 0 Å². The van der Waals surface area contributed by atoms with Crippen LogP contribution >= 0.6 is 0 Å². The van der Waals surface area contributed by atoms with E-state index in [-0.39, 0.29) is 17.7 Å². The Morgan fingerprint density at radius 1 is 0.795 bits per heavy atom. The van der Waals surface area contributed by atoms with Crippen LogP contribution in [0.4, 0.5) is 0 Å². The number of hydrogen-bond donors (Lipinski definition) is 4. The molecule has 2 rings (SSSR count). The summed E-state index contributed by atoms with van der Waals surface area (Å²) in [5.74, 6) is -1.38. The number of nitrogens with two attached hydrogens (primary N) is 1. The van der Waals surface area contributed by atoms with Gasteiger partial charge in [0.15, 0.2) is 0 Å². The largest absolute Gasteiger partial charge is 0.369 e. The monoisotopic (exact) mass is 544 g/mol. The fraction of sp³-hybridized carbons (Fsp3) is 0.821. The summed E-state index contributed by atoms with van der Waals surface area (Å²) in [5.41, 5.74) is 2.31. The van der Waals surface area contributed by atoms with E-state index in [1.54, 1.807) is 13.8 Å². The maximum Gasteiger partial charge on any atom is 0.238 e. The summed E-state index contributed by atoms with van der Waals surface area (Å²) in [6, 6.07) is 2.83. The fourth-order valence-electron chi connectivity index (χ4n) is 5.10. The van der Waals surface area contributed by atoms with Crippen molar-refractivity contribution in [1.82, 2.24) is 25.8 Å². The summed E-state index contributed by atoms with van der Waals surface area (Å²) in [6.45, 7) is 12.0. The number of hydrogen-bond acceptors (Lipinski definition) is 8. The van der Waals surface area contributed by atoms with Gasteiger partial charge in [-0.3, -0.25) is 19.7 Å². The Kier molecular flexibility index (Phi) is 10.5. The summed E-state index contributed by atoms with van der Waals surface area (Å²) in [6.07, 6.45) is 2.38. The smallest absolute Gasteiger partial charge is 0.238 e.